The molecule has 2 heterocycles. The van der Waals surface area contributed by atoms with E-state index in [1.165, 1.54) is 16.1 Å². The van der Waals surface area contributed by atoms with Gasteiger partial charge >= 0.3 is 0 Å². The van der Waals surface area contributed by atoms with E-state index in [4.69, 9.17) is 0 Å². The highest BCUT2D eigenvalue weighted by Crippen LogP contribution is 2.28. The molecule has 1 unspecified atom stereocenters. The number of aromatic nitrogens is 3. The Bertz CT molecular complexity index is 689. The van der Waals surface area contributed by atoms with Crippen molar-refractivity contribution in [1.82, 2.24) is 15.2 Å². The van der Waals surface area contributed by atoms with Crippen molar-refractivity contribution in [3.63, 3.8) is 0 Å². The van der Waals surface area contributed by atoms with Gasteiger partial charge in [-0.25, -0.2) is 4.98 Å². The second kappa shape index (κ2) is 6.32. The molecule has 108 valence electrons. The van der Waals surface area contributed by atoms with Crippen LogP contribution in [-0.2, 0) is 0 Å². The Balaban J connectivity index is 1.64. The van der Waals surface area contributed by atoms with Crippen LogP contribution >= 0.6 is 23.1 Å². The number of H-pyrrole nitrogens is 1. The van der Waals surface area contributed by atoms with Crippen molar-refractivity contribution in [1.29, 1.82) is 0 Å². The van der Waals surface area contributed by atoms with Gasteiger partial charge in [-0.2, -0.15) is 5.10 Å². The summed E-state index contributed by atoms with van der Waals surface area (Å²) in [4.78, 5) is 7.94. The van der Waals surface area contributed by atoms with E-state index in [0.717, 1.165) is 15.7 Å². The number of nitrogens with one attached hydrogen (secondary N) is 2. The van der Waals surface area contributed by atoms with Gasteiger partial charge in [-0.3, -0.25) is 5.10 Å². The molecular formula is C15H16N4S2. The first-order valence-corrected chi connectivity index (χ1v) is 8.30. The molecule has 4 nitrogen and oxygen atoms in total. The van der Waals surface area contributed by atoms with Gasteiger partial charge in [0.2, 0.25) is 0 Å². The molecule has 0 saturated heterocycles. The average molecular weight is 316 g/mol. The van der Waals surface area contributed by atoms with Crippen molar-refractivity contribution in [3.8, 4) is 0 Å². The molecular weight excluding hydrogens is 300 g/mol. The maximum atomic E-state index is 4.11. The third-order valence-electron chi connectivity index (χ3n) is 3.03. The van der Waals surface area contributed by atoms with Gasteiger partial charge in [0.1, 0.15) is 6.33 Å². The lowest BCUT2D eigenvalue weighted by Crippen LogP contribution is -2.04. The molecule has 3 aromatic rings. The van der Waals surface area contributed by atoms with Crippen LogP contribution in [0.15, 0.2) is 52.8 Å². The molecule has 0 bridgehead atoms. The van der Waals surface area contributed by atoms with Crippen molar-refractivity contribution in [2.24, 2.45) is 0 Å². The lowest BCUT2D eigenvalue weighted by Gasteiger charge is -2.14. The van der Waals surface area contributed by atoms with Crippen LogP contribution in [0.4, 0.5) is 5.69 Å². The standard InChI is InChI=1S/C15H16N4S2/c1-10-3-8-14(20-10)11(2)18-12-4-6-13(7-5-12)21-15-16-9-17-19-15/h3-9,11,18H,1-2H3,(H,16,17,19). The van der Waals surface area contributed by atoms with Crippen molar-refractivity contribution < 1.29 is 0 Å². The molecule has 1 atom stereocenters. The predicted octanol–water partition coefficient (Wildman–Crippen LogP) is 4.50. The van der Waals surface area contributed by atoms with E-state index in [-0.39, 0.29) is 0 Å². The summed E-state index contributed by atoms with van der Waals surface area (Å²) in [7, 11) is 0. The minimum Gasteiger partial charge on any atom is -0.378 e. The minimum atomic E-state index is 0.316. The lowest BCUT2D eigenvalue weighted by molar-refractivity contribution is 0.907. The summed E-state index contributed by atoms with van der Waals surface area (Å²) < 4.78 is 0. The summed E-state index contributed by atoms with van der Waals surface area (Å²) in [5.41, 5.74) is 1.12. The van der Waals surface area contributed by atoms with Crippen LogP contribution in [0.3, 0.4) is 0 Å². The van der Waals surface area contributed by atoms with E-state index in [0.29, 0.717) is 6.04 Å². The van der Waals surface area contributed by atoms with Gasteiger partial charge < -0.3 is 5.32 Å². The van der Waals surface area contributed by atoms with E-state index in [1.54, 1.807) is 11.8 Å². The Morgan fingerprint density at radius 2 is 2.00 bits per heavy atom. The third kappa shape index (κ3) is 3.65. The molecule has 0 fully saturated rings. The number of aromatic amines is 1. The summed E-state index contributed by atoms with van der Waals surface area (Å²) in [5, 5.41) is 11.0. The quantitative estimate of drug-likeness (QED) is 0.728. The smallest absolute Gasteiger partial charge is 0.188 e. The fraction of sp³-hybridized carbons (Fsp3) is 0.200. The predicted molar refractivity (Wildman–Crippen MR) is 88.0 cm³/mol. The maximum Gasteiger partial charge on any atom is 0.188 e. The van der Waals surface area contributed by atoms with Gasteiger partial charge in [0, 0.05) is 20.3 Å². The van der Waals surface area contributed by atoms with Crippen LogP contribution in [0.2, 0.25) is 0 Å². The SMILES string of the molecule is Cc1ccc(C(C)Nc2ccc(Sc3ncn[nH]3)cc2)s1. The molecule has 0 saturated carbocycles. The Morgan fingerprint density at radius 1 is 1.19 bits per heavy atom. The highest BCUT2D eigenvalue weighted by atomic mass is 32.2. The first-order valence-electron chi connectivity index (χ1n) is 6.67. The van der Waals surface area contributed by atoms with Gasteiger partial charge in [0.15, 0.2) is 5.16 Å². The van der Waals surface area contributed by atoms with Gasteiger partial charge in [0.05, 0.1) is 6.04 Å². The number of thiophene rings is 1. The molecule has 0 aliphatic carbocycles. The zero-order valence-corrected chi connectivity index (χ0v) is 13.5. The first-order chi connectivity index (χ1) is 10.2. The van der Waals surface area contributed by atoms with Gasteiger partial charge in [0.25, 0.3) is 0 Å². The van der Waals surface area contributed by atoms with E-state index < -0.39 is 0 Å². The molecule has 21 heavy (non-hydrogen) atoms. The van der Waals surface area contributed by atoms with Crippen molar-refractivity contribution in [2.45, 2.75) is 29.9 Å². The van der Waals surface area contributed by atoms with Crippen LogP contribution in [0.5, 0.6) is 0 Å². The molecule has 1 aromatic carbocycles. The van der Waals surface area contributed by atoms with Gasteiger partial charge in [-0.1, -0.05) is 11.8 Å². The summed E-state index contributed by atoms with van der Waals surface area (Å²) in [6.45, 7) is 4.32. The Kier molecular flexibility index (Phi) is 4.26. The fourth-order valence-corrected chi connectivity index (χ4v) is 3.55. The molecule has 2 aromatic heterocycles. The zero-order chi connectivity index (χ0) is 14.7. The molecule has 0 amide bonds. The van der Waals surface area contributed by atoms with Crippen molar-refractivity contribution >= 4 is 28.8 Å². The second-order valence-corrected chi connectivity index (χ2v) is 7.11. The van der Waals surface area contributed by atoms with Crippen molar-refractivity contribution in [2.75, 3.05) is 5.32 Å². The highest BCUT2D eigenvalue weighted by Gasteiger charge is 2.07. The molecule has 0 aliphatic rings. The normalized spacial score (nSPS) is 12.3. The second-order valence-electron chi connectivity index (χ2n) is 4.73. The number of benzene rings is 1. The molecule has 0 radical (unpaired) electrons. The lowest BCUT2D eigenvalue weighted by atomic mass is 10.2. The summed E-state index contributed by atoms with van der Waals surface area (Å²) >= 11 is 3.40. The van der Waals surface area contributed by atoms with Gasteiger partial charge in [-0.05, 0) is 50.2 Å². The monoisotopic (exact) mass is 316 g/mol. The number of nitrogens with zero attached hydrogens (tertiary/aromatic N) is 2. The Labute approximate surface area is 132 Å². The number of aryl methyl sites for hydroxylation is 1. The van der Waals surface area contributed by atoms with Crippen LogP contribution < -0.4 is 5.32 Å². The van der Waals surface area contributed by atoms with Crippen LogP contribution in [0.1, 0.15) is 22.7 Å². The molecule has 0 spiro atoms. The third-order valence-corrected chi connectivity index (χ3v) is 5.11. The number of hydrogen-bond acceptors (Lipinski definition) is 5. The van der Waals surface area contributed by atoms with Crippen LogP contribution in [0, 0.1) is 6.92 Å². The molecule has 6 heteroatoms. The minimum absolute atomic E-state index is 0.316. The van der Waals surface area contributed by atoms with E-state index >= 15 is 0 Å². The molecule has 0 aliphatic heterocycles. The summed E-state index contributed by atoms with van der Waals surface area (Å²) in [6.07, 6.45) is 1.52. The maximum absolute atomic E-state index is 4.11. The highest BCUT2D eigenvalue weighted by molar-refractivity contribution is 7.99. The fourth-order valence-electron chi connectivity index (χ4n) is 1.98. The number of anilines is 1. The number of hydrogen-bond donors (Lipinski definition) is 2. The average Bonchev–Trinajstić information content (AvgIpc) is 3.12. The van der Waals surface area contributed by atoms with Crippen LogP contribution in [0.25, 0.3) is 0 Å². The summed E-state index contributed by atoms with van der Waals surface area (Å²) in [6, 6.07) is 13.0. The zero-order valence-electron chi connectivity index (χ0n) is 11.8. The van der Waals surface area contributed by atoms with E-state index in [9.17, 15) is 0 Å². The molecule has 2 N–H and O–H groups in total. The number of rotatable bonds is 5. The topological polar surface area (TPSA) is 53.6 Å². The first kappa shape index (κ1) is 14.2. The summed E-state index contributed by atoms with van der Waals surface area (Å²) in [5.74, 6) is 0. The molecule has 3 rings (SSSR count). The van der Waals surface area contributed by atoms with Gasteiger partial charge in [-0.15, -0.1) is 11.3 Å². The largest absolute Gasteiger partial charge is 0.378 e. The van der Waals surface area contributed by atoms with E-state index in [1.807, 2.05) is 11.3 Å². The van der Waals surface area contributed by atoms with Crippen molar-refractivity contribution in [3.05, 3.63) is 52.5 Å². The Morgan fingerprint density at radius 3 is 2.62 bits per heavy atom. The van der Waals surface area contributed by atoms with Crippen LogP contribution in [-0.4, -0.2) is 15.2 Å². The van der Waals surface area contributed by atoms with E-state index in [2.05, 4.69) is 70.7 Å². The Hall–Kier alpha value is -1.79.